The SMILES string of the molecule is CC(CO)NC(=O)c1cc2c(s1)CCCCC2. The first-order valence-corrected chi connectivity index (χ1v) is 7.05. The second kappa shape index (κ2) is 5.65. The highest BCUT2D eigenvalue weighted by Gasteiger charge is 2.17. The highest BCUT2D eigenvalue weighted by molar-refractivity contribution is 7.14. The summed E-state index contributed by atoms with van der Waals surface area (Å²) in [6, 6.07) is 1.86. The van der Waals surface area contributed by atoms with Crippen LogP contribution in [0.4, 0.5) is 0 Å². The Morgan fingerprint density at radius 2 is 2.24 bits per heavy atom. The molecule has 0 aliphatic heterocycles. The lowest BCUT2D eigenvalue weighted by Crippen LogP contribution is -2.34. The molecule has 4 heteroatoms. The van der Waals surface area contributed by atoms with Gasteiger partial charge in [-0.2, -0.15) is 0 Å². The van der Waals surface area contributed by atoms with E-state index in [1.165, 1.54) is 29.7 Å². The lowest BCUT2D eigenvalue weighted by Gasteiger charge is -2.08. The summed E-state index contributed by atoms with van der Waals surface area (Å²) in [5.41, 5.74) is 1.36. The topological polar surface area (TPSA) is 49.3 Å². The van der Waals surface area contributed by atoms with Gasteiger partial charge in [-0.25, -0.2) is 0 Å². The maximum atomic E-state index is 11.9. The molecule has 1 aromatic heterocycles. The number of rotatable bonds is 3. The van der Waals surface area contributed by atoms with E-state index in [4.69, 9.17) is 5.11 Å². The molecule has 94 valence electrons. The first kappa shape index (κ1) is 12.6. The third-order valence-corrected chi connectivity index (χ3v) is 4.36. The van der Waals surface area contributed by atoms with Crippen LogP contribution in [0.3, 0.4) is 0 Å². The molecule has 1 atom stereocenters. The molecule has 2 N–H and O–H groups in total. The van der Waals surface area contributed by atoms with E-state index in [1.807, 2.05) is 6.07 Å². The standard InChI is InChI=1S/C13H19NO2S/c1-9(8-15)14-13(16)12-7-10-5-3-2-4-6-11(10)17-12/h7,9,15H,2-6,8H2,1H3,(H,14,16). The number of fused-ring (bicyclic) bond motifs is 1. The number of thiophene rings is 1. The van der Waals surface area contributed by atoms with Crippen molar-refractivity contribution in [1.29, 1.82) is 0 Å². The van der Waals surface area contributed by atoms with Gasteiger partial charge in [-0.1, -0.05) is 6.42 Å². The zero-order valence-electron chi connectivity index (χ0n) is 10.2. The summed E-state index contributed by atoms with van der Waals surface area (Å²) in [6.45, 7) is 1.79. The van der Waals surface area contributed by atoms with Crippen LogP contribution in [0, 0.1) is 0 Å². The van der Waals surface area contributed by atoms with E-state index in [0.717, 1.165) is 17.7 Å². The number of aliphatic hydroxyl groups excluding tert-OH is 1. The van der Waals surface area contributed by atoms with Crippen LogP contribution >= 0.6 is 11.3 Å². The van der Waals surface area contributed by atoms with Crippen molar-refractivity contribution >= 4 is 17.2 Å². The number of amides is 1. The summed E-state index contributed by atoms with van der Waals surface area (Å²) in [5, 5.41) is 11.7. The lowest BCUT2D eigenvalue weighted by molar-refractivity contribution is 0.0926. The summed E-state index contributed by atoms with van der Waals surface area (Å²) >= 11 is 1.62. The molecule has 0 saturated carbocycles. The van der Waals surface area contributed by atoms with Crippen LogP contribution in [0.5, 0.6) is 0 Å². The van der Waals surface area contributed by atoms with E-state index >= 15 is 0 Å². The molecule has 1 unspecified atom stereocenters. The fourth-order valence-electron chi connectivity index (χ4n) is 2.12. The molecule has 0 spiro atoms. The van der Waals surface area contributed by atoms with Gasteiger partial charge in [0.15, 0.2) is 0 Å². The molecule has 0 bridgehead atoms. The molecule has 1 aliphatic carbocycles. The van der Waals surface area contributed by atoms with Crippen LogP contribution in [0.2, 0.25) is 0 Å². The van der Waals surface area contributed by atoms with Gasteiger partial charge in [-0.15, -0.1) is 11.3 Å². The number of aryl methyl sites for hydroxylation is 2. The fourth-order valence-corrected chi connectivity index (χ4v) is 3.28. The molecule has 1 amide bonds. The van der Waals surface area contributed by atoms with Crippen molar-refractivity contribution in [3.05, 3.63) is 21.4 Å². The predicted octanol–water partition coefficient (Wildman–Crippen LogP) is 2.13. The van der Waals surface area contributed by atoms with E-state index in [9.17, 15) is 4.79 Å². The second-order valence-corrected chi connectivity index (χ2v) is 5.81. The van der Waals surface area contributed by atoms with Gasteiger partial charge in [0.25, 0.3) is 5.91 Å². The highest BCUT2D eigenvalue weighted by atomic mass is 32.1. The molecule has 1 aromatic rings. The van der Waals surface area contributed by atoms with Gasteiger partial charge in [-0.05, 0) is 44.2 Å². The summed E-state index contributed by atoms with van der Waals surface area (Å²) in [5.74, 6) is -0.0513. The Morgan fingerprint density at radius 1 is 1.47 bits per heavy atom. The Morgan fingerprint density at radius 3 is 3.00 bits per heavy atom. The van der Waals surface area contributed by atoms with Crippen molar-refractivity contribution in [2.45, 2.75) is 45.1 Å². The van der Waals surface area contributed by atoms with Crippen molar-refractivity contribution in [3.8, 4) is 0 Å². The third-order valence-electron chi connectivity index (χ3n) is 3.12. The normalized spacial score (nSPS) is 17.1. The average molecular weight is 253 g/mol. The van der Waals surface area contributed by atoms with Crippen LogP contribution in [0.1, 0.15) is 46.3 Å². The molecule has 3 nitrogen and oxygen atoms in total. The van der Waals surface area contributed by atoms with E-state index in [2.05, 4.69) is 5.32 Å². The molecule has 17 heavy (non-hydrogen) atoms. The molecular formula is C13H19NO2S. The number of carbonyl (C=O) groups excluding carboxylic acids is 1. The van der Waals surface area contributed by atoms with Crippen molar-refractivity contribution in [2.75, 3.05) is 6.61 Å². The molecule has 0 saturated heterocycles. The minimum absolute atomic E-state index is 0.0170. The van der Waals surface area contributed by atoms with Gasteiger partial charge in [0.1, 0.15) is 0 Å². The van der Waals surface area contributed by atoms with Gasteiger partial charge in [0, 0.05) is 10.9 Å². The number of carbonyl (C=O) groups is 1. The maximum Gasteiger partial charge on any atom is 0.261 e. The Bertz CT molecular complexity index is 377. The van der Waals surface area contributed by atoms with E-state index in [0.29, 0.717) is 0 Å². The highest BCUT2D eigenvalue weighted by Crippen LogP contribution is 2.28. The quantitative estimate of drug-likeness (QED) is 0.811. The summed E-state index contributed by atoms with van der Waals surface area (Å²) in [7, 11) is 0. The Balaban J connectivity index is 2.09. The van der Waals surface area contributed by atoms with Crippen LogP contribution in [0.25, 0.3) is 0 Å². The molecule has 0 radical (unpaired) electrons. The zero-order chi connectivity index (χ0) is 12.3. The smallest absolute Gasteiger partial charge is 0.261 e. The lowest BCUT2D eigenvalue weighted by atomic mass is 10.1. The molecule has 1 aliphatic rings. The maximum absolute atomic E-state index is 11.9. The number of hydrogen-bond donors (Lipinski definition) is 2. The van der Waals surface area contributed by atoms with Crippen molar-refractivity contribution < 1.29 is 9.90 Å². The second-order valence-electron chi connectivity index (χ2n) is 4.68. The van der Waals surface area contributed by atoms with Gasteiger partial charge >= 0.3 is 0 Å². The van der Waals surface area contributed by atoms with Gasteiger partial charge < -0.3 is 10.4 Å². The molecular weight excluding hydrogens is 234 g/mol. The molecule has 2 rings (SSSR count). The van der Waals surface area contributed by atoms with Gasteiger partial charge in [-0.3, -0.25) is 4.79 Å². The van der Waals surface area contributed by atoms with E-state index in [-0.39, 0.29) is 18.6 Å². The molecule has 0 fully saturated rings. The van der Waals surface area contributed by atoms with E-state index in [1.54, 1.807) is 18.3 Å². The Kier molecular flexibility index (Phi) is 4.18. The molecule has 1 heterocycles. The minimum atomic E-state index is -0.176. The van der Waals surface area contributed by atoms with Crippen molar-refractivity contribution in [1.82, 2.24) is 5.32 Å². The van der Waals surface area contributed by atoms with Crippen LogP contribution in [0.15, 0.2) is 6.07 Å². The monoisotopic (exact) mass is 253 g/mol. The number of hydrogen-bond acceptors (Lipinski definition) is 3. The third kappa shape index (κ3) is 3.07. The van der Waals surface area contributed by atoms with Crippen LogP contribution in [-0.2, 0) is 12.8 Å². The Labute approximate surface area is 106 Å². The van der Waals surface area contributed by atoms with Crippen LogP contribution in [-0.4, -0.2) is 23.7 Å². The minimum Gasteiger partial charge on any atom is -0.394 e. The van der Waals surface area contributed by atoms with E-state index < -0.39 is 0 Å². The molecule has 0 aromatic carbocycles. The van der Waals surface area contributed by atoms with Gasteiger partial charge in [0.05, 0.1) is 11.5 Å². The summed E-state index contributed by atoms with van der Waals surface area (Å²) in [4.78, 5) is 14.1. The number of nitrogens with one attached hydrogen (secondary N) is 1. The fraction of sp³-hybridized carbons (Fsp3) is 0.615. The average Bonchev–Trinajstić information content (AvgIpc) is 2.61. The number of aliphatic hydroxyl groups is 1. The first-order chi connectivity index (χ1) is 8.20. The van der Waals surface area contributed by atoms with Crippen LogP contribution < -0.4 is 5.32 Å². The Hall–Kier alpha value is -0.870. The summed E-state index contributed by atoms with van der Waals surface area (Å²) in [6.07, 6.45) is 5.99. The predicted molar refractivity (Wildman–Crippen MR) is 69.6 cm³/mol. The van der Waals surface area contributed by atoms with Crippen molar-refractivity contribution in [3.63, 3.8) is 0 Å². The van der Waals surface area contributed by atoms with Gasteiger partial charge in [0.2, 0.25) is 0 Å². The zero-order valence-corrected chi connectivity index (χ0v) is 11.0. The first-order valence-electron chi connectivity index (χ1n) is 6.24. The summed E-state index contributed by atoms with van der Waals surface area (Å²) < 4.78 is 0. The van der Waals surface area contributed by atoms with Crippen molar-refractivity contribution in [2.24, 2.45) is 0 Å². The largest absolute Gasteiger partial charge is 0.394 e.